The van der Waals surface area contributed by atoms with E-state index < -0.39 is 11.0 Å². The van der Waals surface area contributed by atoms with E-state index in [4.69, 9.17) is 38.4 Å². The van der Waals surface area contributed by atoms with Crippen molar-refractivity contribution in [3.05, 3.63) is 22.2 Å². The molecule has 0 saturated carbocycles. The Balaban J connectivity index is 2.10. The van der Waals surface area contributed by atoms with Crippen LogP contribution in [0, 0.1) is 5.41 Å². The molecular weight excluding hydrogens is 405 g/mol. The molecule has 1 aromatic carbocycles. The number of anilines is 2. The fourth-order valence-electron chi connectivity index (χ4n) is 3.08. The maximum absolute atomic E-state index is 13.0. The number of nitrogen functional groups attached to an aromatic ring is 1. The van der Waals surface area contributed by atoms with Crippen LogP contribution < -0.4 is 11.1 Å². The zero-order chi connectivity index (χ0) is 21.1. The molecule has 0 unspecified atom stereocenters. The average molecular weight is 432 g/mol. The number of halogens is 2. The van der Waals surface area contributed by atoms with E-state index in [1.165, 1.54) is 0 Å². The summed E-state index contributed by atoms with van der Waals surface area (Å²) in [6, 6.07) is 3.11. The van der Waals surface area contributed by atoms with Gasteiger partial charge in [-0.2, -0.15) is 0 Å². The first kappa shape index (κ1) is 22.6. The van der Waals surface area contributed by atoms with Gasteiger partial charge in [-0.3, -0.25) is 4.79 Å². The summed E-state index contributed by atoms with van der Waals surface area (Å²) in [6.45, 7) is 6.49. The topological polar surface area (TPSA) is 93.9 Å². The molecule has 156 valence electrons. The van der Waals surface area contributed by atoms with E-state index in [2.05, 4.69) is 5.32 Å². The molecule has 0 aromatic heterocycles. The molecule has 1 heterocycles. The molecular formula is C19H27Cl2N3O4. The van der Waals surface area contributed by atoms with Crippen LogP contribution in [0.15, 0.2) is 12.1 Å². The number of amides is 2. The van der Waals surface area contributed by atoms with Gasteiger partial charge < -0.3 is 25.4 Å². The summed E-state index contributed by atoms with van der Waals surface area (Å²) >= 11 is 12.1. The first-order chi connectivity index (χ1) is 13.0. The van der Waals surface area contributed by atoms with Gasteiger partial charge in [0.25, 0.3) is 0 Å². The van der Waals surface area contributed by atoms with Crippen LogP contribution in [-0.4, -0.2) is 49.3 Å². The SMILES string of the molecule is COCC1(C(=O)Nc2cc(Cl)c(N)c(Cl)c2)CCN(C(=O)OC(C)(C)C)CC1. The summed E-state index contributed by atoms with van der Waals surface area (Å²) in [4.78, 5) is 26.9. The number of ether oxygens (including phenoxy) is 2. The molecule has 1 aromatic rings. The van der Waals surface area contributed by atoms with Gasteiger partial charge in [-0.15, -0.1) is 0 Å². The molecule has 7 nitrogen and oxygen atoms in total. The molecule has 0 atom stereocenters. The third-order valence-corrected chi connectivity index (χ3v) is 5.24. The normalized spacial score (nSPS) is 16.6. The van der Waals surface area contributed by atoms with Crippen molar-refractivity contribution in [3.8, 4) is 0 Å². The van der Waals surface area contributed by atoms with E-state index >= 15 is 0 Å². The lowest BCUT2D eigenvalue weighted by Gasteiger charge is -2.40. The minimum Gasteiger partial charge on any atom is -0.444 e. The van der Waals surface area contributed by atoms with E-state index in [0.29, 0.717) is 31.6 Å². The van der Waals surface area contributed by atoms with Crippen LogP contribution in [0.4, 0.5) is 16.2 Å². The summed E-state index contributed by atoms with van der Waals surface area (Å²) in [5.74, 6) is -0.213. The number of nitrogens with one attached hydrogen (secondary N) is 1. The van der Waals surface area contributed by atoms with Gasteiger partial charge in [0.2, 0.25) is 5.91 Å². The fourth-order valence-corrected chi connectivity index (χ4v) is 3.56. The molecule has 1 aliphatic heterocycles. The molecule has 1 aliphatic rings. The first-order valence-corrected chi connectivity index (χ1v) is 9.76. The highest BCUT2D eigenvalue weighted by Gasteiger charge is 2.43. The maximum Gasteiger partial charge on any atom is 0.410 e. The number of piperidine rings is 1. The molecule has 0 radical (unpaired) electrons. The van der Waals surface area contributed by atoms with Crippen molar-refractivity contribution in [2.75, 3.05) is 37.9 Å². The number of hydrogen-bond acceptors (Lipinski definition) is 5. The third-order valence-electron chi connectivity index (χ3n) is 4.61. The summed E-state index contributed by atoms with van der Waals surface area (Å²) in [5, 5.41) is 3.38. The average Bonchev–Trinajstić information content (AvgIpc) is 2.58. The summed E-state index contributed by atoms with van der Waals surface area (Å²) in [6.07, 6.45) is 0.515. The highest BCUT2D eigenvalue weighted by molar-refractivity contribution is 6.39. The van der Waals surface area contributed by atoms with Crippen LogP contribution in [0.25, 0.3) is 0 Å². The second-order valence-electron chi connectivity index (χ2n) is 7.99. The zero-order valence-corrected chi connectivity index (χ0v) is 18.1. The van der Waals surface area contributed by atoms with E-state index in [1.54, 1.807) is 24.1 Å². The van der Waals surface area contributed by atoms with Gasteiger partial charge >= 0.3 is 6.09 Å². The van der Waals surface area contributed by atoms with E-state index in [-0.39, 0.29) is 34.3 Å². The smallest absolute Gasteiger partial charge is 0.410 e. The lowest BCUT2D eigenvalue weighted by molar-refractivity contribution is -0.132. The third kappa shape index (κ3) is 5.43. The Bertz CT molecular complexity index is 718. The van der Waals surface area contributed by atoms with Crippen molar-refractivity contribution in [2.24, 2.45) is 5.41 Å². The summed E-state index contributed by atoms with van der Waals surface area (Å²) < 4.78 is 10.7. The zero-order valence-electron chi connectivity index (χ0n) is 16.6. The molecule has 0 bridgehead atoms. The second kappa shape index (κ2) is 8.76. The highest BCUT2D eigenvalue weighted by atomic mass is 35.5. The van der Waals surface area contributed by atoms with E-state index in [0.717, 1.165) is 0 Å². The highest BCUT2D eigenvalue weighted by Crippen LogP contribution is 2.36. The molecule has 28 heavy (non-hydrogen) atoms. The minimum atomic E-state index is -0.770. The quantitative estimate of drug-likeness (QED) is 0.697. The van der Waals surface area contributed by atoms with Gasteiger partial charge in [0.15, 0.2) is 0 Å². The molecule has 0 spiro atoms. The molecule has 0 aliphatic carbocycles. The van der Waals surface area contributed by atoms with Crippen molar-refractivity contribution < 1.29 is 19.1 Å². The Hall–Kier alpha value is -1.70. The van der Waals surface area contributed by atoms with E-state index in [9.17, 15) is 9.59 Å². The molecule has 2 amide bonds. The maximum atomic E-state index is 13.0. The van der Waals surface area contributed by atoms with Crippen LogP contribution in [-0.2, 0) is 14.3 Å². The number of methoxy groups -OCH3 is 1. The number of likely N-dealkylation sites (tertiary alicyclic amines) is 1. The standard InChI is InChI=1S/C19H27Cl2N3O4/c1-18(2,3)28-17(26)24-7-5-19(6-8-24,11-27-4)16(25)23-12-9-13(20)15(22)14(21)10-12/h9-10H,5-8,11,22H2,1-4H3,(H,23,25). The number of carbonyl (C=O) groups excluding carboxylic acids is 2. The Kier molecular flexibility index (Phi) is 7.07. The fraction of sp³-hybridized carbons (Fsp3) is 0.579. The van der Waals surface area contributed by atoms with Gasteiger partial charge in [-0.05, 0) is 45.7 Å². The van der Waals surface area contributed by atoms with Gasteiger partial charge in [-0.25, -0.2) is 4.79 Å². The number of nitrogens with zero attached hydrogens (tertiary/aromatic N) is 1. The predicted molar refractivity (Wildman–Crippen MR) is 111 cm³/mol. The van der Waals surface area contributed by atoms with Gasteiger partial charge in [-0.1, -0.05) is 23.2 Å². The minimum absolute atomic E-state index is 0.213. The summed E-state index contributed by atoms with van der Waals surface area (Å²) in [5.41, 5.74) is 5.12. The van der Waals surface area contributed by atoms with Crippen LogP contribution in [0.5, 0.6) is 0 Å². The van der Waals surface area contributed by atoms with Gasteiger partial charge in [0, 0.05) is 25.9 Å². The molecule has 1 saturated heterocycles. The van der Waals surface area contributed by atoms with E-state index in [1.807, 2.05) is 20.8 Å². The van der Waals surface area contributed by atoms with Crippen molar-refractivity contribution in [1.29, 1.82) is 0 Å². The number of nitrogens with two attached hydrogens (primary N) is 1. The largest absolute Gasteiger partial charge is 0.444 e. The lowest BCUT2D eigenvalue weighted by Crippen LogP contribution is -2.51. The predicted octanol–water partition coefficient (Wildman–Crippen LogP) is 4.18. The van der Waals surface area contributed by atoms with Crippen molar-refractivity contribution in [1.82, 2.24) is 4.90 Å². The van der Waals surface area contributed by atoms with Crippen LogP contribution in [0.3, 0.4) is 0 Å². The van der Waals surface area contributed by atoms with Crippen molar-refractivity contribution in [2.45, 2.75) is 39.2 Å². The molecule has 9 heteroatoms. The number of hydrogen-bond donors (Lipinski definition) is 2. The van der Waals surface area contributed by atoms with Crippen LogP contribution >= 0.6 is 23.2 Å². The van der Waals surface area contributed by atoms with Crippen LogP contribution in [0.2, 0.25) is 10.0 Å². The van der Waals surface area contributed by atoms with Crippen molar-refractivity contribution in [3.63, 3.8) is 0 Å². The molecule has 2 rings (SSSR count). The molecule has 3 N–H and O–H groups in total. The first-order valence-electron chi connectivity index (χ1n) is 9.00. The Labute approximate surface area is 175 Å². The Morgan fingerprint density at radius 1 is 1.21 bits per heavy atom. The Morgan fingerprint density at radius 3 is 2.21 bits per heavy atom. The monoisotopic (exact) mass is 431 g/mol. The van der Waals surface area contributed by atoms with Gasteiger partial charge in [0.05, 0.1) is 27.8 Å². The van der Waals surface area contributed by atoms with Crippen LogP contribution in [0.1, 0.15) is 33.6 Å². The Morgan fingerprint density at radius 2 is 1.75 bits per heavy atom. The number of rotatable bonds is 4. The second-order valence-corrected chi connectivity index (χ2v) is 8.80. The summed E-state index contributed by atoms with van der Waals surface area (Å²) in [7, 11) is 1.55. The number of benzene rings is 1. The van der Waals surface area contributed by atoms with Crippen molar-refractivity contribution >= 4 is 46.6 Å². The lowest BCUT2D eigenvalue weighted by atomic mass is 9.78. The number of carbonyl (C=O) groups is 2. The van der Waals surface area contributed by atoms with Gasteiger partial charge in [0.1, 0.15) is 5.60 Å². The molecule has 1 fully saturated rings.